The van der Waals surface area contributed by atoms with Crippen LogP contribution >= 0.6 is 0 Å². The molecule has 0 heterocycles. The Bertz CT molecular complexity index is 662. The van der Waals surface area contributed by atoms with E-state index in [1.807, 2.05) is 0 Å². The highest BCUT2D eigenvalue weighted by Crippen LogP contribution is 2.34. The van der Waals surface area contributed by atoms with Gasteiger partial charge in [-0.25, -0.2) is 0 Å². The number of anilines is 1. The van der Waals surface area contributed by atoms with E-state index in [0.717, 1.165) is 32.2 Å². The molecule has 1 fully saturated rings. The number of aliphatic carboxylic acids is 1. The number of carboxylic acids is 1. The van der Waals surface area contributed by atoms with E-state index in [9.17, 15) is 9.90 Å². The van der Waals surface area contributed by atoms with Crippen LogP contribution in [0.15, 0.2) is 42.5 Å². The van der Waals surface area contributed by atoms with E-state index >= 15 is 0 Å². The fourth-order valence-corrected chi connectivity index (χ4v) is 3.76. The van der Waals surface area contributed by atoms with Crippen LogP contribution in [-0.2, 0) is 4.79 Å². The molecule has 3 rings (SSSR count). The van der Waals surface area contributed by atoms with Gasteiger partial charge in [0.2, 0.25) is 0 Å². The lowest BCUT2D eigenvalue weighted by Gasteiger charge is -2.38. The van der Waals surface area contributed by atoms with Crippen molar-refractivity contribution >= 4 is 22.4 Å². The van der Waals surface area contributed by atoms with Crippen LogP contribution in [0.2, 0.25) is 0 Å². The average Bonchev–Trinajstić information content (AvgIpc) is 2.56. The molecule has 0 saturated heterocycles. The van der Waals surface area contributed by atoms with Gasteiger partial charge in [-0.2, -0.15) is 0 Å². The topological polar surface area (TPSA) is 40.5 Å². The van der Waals surface area contributed by atoms with Crippen molar-refractivity contribution in [3.63, 3.8) is 0 Å². The molecule has 22 heavy (non-hydrogen) atoms. The Morgan fingerprint density at radius 1 is 1.18 bits per heavy atom. The lowest BCUT2D eigenvalue weighted by molar-refractivity contribution is -0.142. The van der Waals surface area contributed by atoms with Crippen molar-refractivity contribution in [1.29, 1.82) is 0 Å². The molecule has 0 radical (unpaired) electrons. The van der Waals surface area contributed by atoms with E-state index in [0.29, 0.717) is 6.04 Å². The maximum Gasteiger partial charge on any atom is 0.306 e. The second kappa shape index (κ2) is 6.39. The first-order valence-corrected chi connectivity index (χ1v) is 8.18. The fraction of sp³-hybridized carbons (Fsp3) is 0.421. The van der Waals surface area contributed by atoms with Crippen molar-refractivity contribution in [3.8, 4) is 0 Å². The van der Waals surface area contributed by atoms with E-state index in [1.165, 1.54) is 16.5 Å². The van der Waals surface area contributed by atoms with Crippen molar-refractivity contribution in [2.75, 3.05) is 11.4 Å². The van der Waals surface area contributed by atoms with E-state index in [4.69, 9.17) is 0 Å². The molecule has 0 spiro atoms. The van der Waals surface area contributed by atoms with E-state index in [-0.39, 0.29) is 5.92 Å². The number of hydrogen-bond donors (Lipinski definition) is 1. The Balaban J connectivity index is 1.94. The zero-order chi connectivity index (χ0) is 15.5. The molecule has 1 aliphatic rings. The van der Waals surface area contributed by atoms with Gasteiger partial charge >= 0.3 is 5.97 Å². The molecule has 2 atom stereocenters. The predicted molar refractivity (Wildman–Crippen MR) is 90.3 cm³/mol. The number of nitrogens with zero attached hydrogens (tertiary/aromatic N) is 1. The molecule has 2 unspecified atom stereocenters. The highest BCUT2D eigenvalue weighted by molar-refractivity contribution is 5.94. The molecule has 3 heteroatoms. The number of carbonyl (C=O) groups is 1. The van der Waals surface area contributed by atoms with Gasteiger partial charge in [0.05, 0.1) is 5.92 Å². The molecule has 0 amide bonds. The zero-order valence-electron chi connectivity index (χ0n) is 13.0. The summed E-state index contributed by atoms with van der Waals surface area (Å²) < 4.78 is 0. The quantitative estimate of drug-likeness (QED) is 0.914. The Labute approximate surface area is 131 Å². The first-order valence-electron chi connectivity index (χ1n) is 8.18. The second-order valence-corrected chi connectivity index (χ2v) is 6.14. The van der Waals surface area contributed by atoms with Gasteiger partial charge in [-0.05, 0) is 37.6 Å². The molecule has 116 valence electrons. The summed E-state index contributed by atoms with van der Waals surface area (Å²) in [6, 6.07) is 15.1. The smallest absolute Gasteiger partial charge is 0.306 e. The van der Waals surface area contributed by atoms with Gasteiger partial charge in [-0.3, -0.25) is 4.79 Å². The van der Waals surface area contributed by atoms with Crippen molar-refractivity contribution < 1.29 is 9.90 Å². The van der Waals surface area contributed by atoms with Crippen LogP contribution in [0.3, 0.4) is 0 Å². The maximum atomic E-state index is 11.3. The molecule has 2 aromatic carbocycles. The van der Waals surface area contributed by atoms with Gasteiger partial charge < -0.3 is 10.0 Å². The van der Waals surface area contributed by atoms with Gasteiger partial charge in [-0.15, -0.1) is 0 Å². The van der Waals surface area contributed by atoms with E-state index in [1.54, 1.807) is 0 Å². The first-order chi connectivity index (χ1) is 10.7. The molecule has 0 aliphatic heterocycles. The number of carboxylic acid groups (broad SMARTS) is 1. The Morgan fingerprint density at radius 3 is 2.73 bits per heavy atom. The van der Waals surface area contributed by atoms with Crippen molar-refractivity contribution in [3.05, 3.63) is 42.5 Å². The molecule has 0 aromatic heterocycles. The second-order valence-electron chi connectivity index (χ2n) is 6.14. The largest absolute Gasteiger partial charge is 0.481 e. The van der Waals surface area contributed by atoms with Gasteiger partial charge in [0.1, 0.15) is 0 Å². The number of rotatable bonds is 4. The Hall–Kier alpha value is -2.03. The zero-order valence-corrected chi connectivity index (χ0v) is 13.0. The third kappa shape index (κ3) is 2.80. The summed E-state index contributed by atoms with van der Waals surface area (Å²) >= 11 is 0. The van der Waals surface area contributed by atoms with Crippen LogP contribution in [0.4, 0.5) is 5.69 Å². The summed E-state index contributed by atoms with van der Waals surface area (Å²) in [7, 11) is 0. The highest BCUT2D eigenvalue weighted by Gasteiger charge is 2.30. The summed E-state index contributed by atoms with van der Waals surface area (Å²) in [5.41, 5.74) is 1.23. The number of hydrogen-bond acceptors (Lipinski definition) is 2. The minimum absolute atomic E-state index is 0.192. The maximum absolute atomic E-state index is 11.3. The van der Waals surface area contributed by atoms with Crippen LogP contribution < -0.4 is 4.90 Å². The molecule has 1 aliphatic carbocycles. The van der Waals surface area contributed by atoms with Crippen LogP contribution in [0.1, 0.15) is 32.6 Å². The van der Waals surface area contributed by atoms with Crippen LogP contribution in [0.5, 0.6) is 0 Å². The standard InChI is InChI=1S/C19H23NO2/c1-2-20(16-10-5-9-15(13-16)19(21)22)18-12-6-8-14-7-3-4-11-17(14)18/h3-4,6-8,11-12,15-16H,2,5,9-10,13H2,1H3,(H,21,22). The van der Waals surface area contributed by atoms with Gasteiger partial charge in [0, 0.05) is 23.7 Å². The Morgan fingerprint density at radius 2 is 1.95 bits per heavy atom. The van der Waals surface area contributed by atoms with Gasteiger partial charge in [0.25, 0.3) is 0 Å². The molecule has 3 nitrogen and oxygen atoms in total. The molecule has 2 aromatic rings. The SMILES string of the molecule is CCN(c1cccc2ccccc12)C1CCCC(C(=O)O)C1. The third-order valence-corrected chi connectivity index (χ3v) is 4.85. The summed E-state index contributed by atoms with van der Waals surface area (Å²) in [4.78, 5) is 13.7. The van der Waals surface area contributed by atoms with Crippen LogP contribution in [0.25, 0.3) is 10.8 Å². The lowest BCUT2D eigenvalue weighted by Crippen LogP contribution is -2.40. The first kappa shape index (κ1) is 14.9. The fourth-order valence-electron chi connectivity index (χ4n) is 3.76. The molecule has 1 saturated carbocycles. The Kier molecular flexibility index (Phi) is 4.32. The lowest BCUT2D eigenvalue weighted by atomic mass is 9.84. The highest BCUT2D eigenvalue weighted by atomic mass is 16.4. The van der Waals surface area contributed by atoms with Crippen LogP contribution in [0, 0.1) is 5.92 Å². The average molecular weight is 297 g/mol. The summed E-state index contributed by atoms with van der Waals surface area (Å²) in [5.74, 6) is -0.832. The minimum atomic E-state index is -0.640. The van der Waals surface area contributed by atoms with Gasteiger partial charge in [0.15, 0.2) is 0 Å². The normalized spacial score (nSPS) is 21.7. The summed E-state index contributed by atoms with van der Waals surface area (Å²) in [5, 5.41) is 11.8. The third-order valence-electron chi connectivity index (χ3n) is 4.85. The van der Waals surface area contributed by atoms with Crippen molar-refractivity contribution in [1.82, 2.24) is 0 Å². The molecule has 1 N–H and O–H groups in total. The van der Waals surface area contributed by atoms with Crippen molar-refractivity contribution in [2.45, 2.75) is 38.6 Å². The van der Waals surface area contributed by atoms with E-state index < -0.39 is 5.97 Å². The number of benzene rings is 2. The predicted octanol–water partition coefficient (Wildman–Crippen LogP) is 4.31. The molecular weight excluding hydrogens is 274 g/mol. The summed E-state index contributed by atoms with van der Waals surface area (Å²) in [6.45, 7) is 3.07. The minimum Gasteiger partial charge on any atom is -0.481 e. The van der Waals surface area contributed by atoms with E-state index in [2.05, 4.69) is 54.3 Å². The van der Waals surface area contributed by atoms with Crippen molar-refractivity contribution in [2.24, 2.45) is 5.92 Å². The number of fused-ring (bicyclic) bond motifs is 1. The van der Waals surface area contributed by atoms with Gasteiger partial charge in [-0.1, -0.05) is 42.8 Å². The summed E-state index contributed by atoms with van der Waals surface area (Å²) in [6.07, 6.45) is 3.66. The molecular formula is C19H23NO2. The van der Waals surface area contributed by atoms with Crippen LogP contribution in [-0.4, -0.2) is 23.7 Å². The monoisotopic (exact) mass is 297 g/mol. The molecule has 0 bridgehead atoms.